The van der Waals surface area contributed by atoms with Gasteiger partial charge in [-0.05, 0) is 51.1 Å². The largest absolute Gasteiger partial charge is 0.316 e. The van der Waals surface area contributed by atoms with E-state index in [2.05, 4.69) is 38.0 Å². The molecule has 98 valence electrons. The van der Waals surface area contributed by atoms with Gasteiger partial charge in [0.2, 0.25) is 0 Å². The van der Waals surface area contributed by atoms with Gasteiger partial charge in [-0.15, -0.1) is 11.3 Å². The molecule has 0 amide bonds. The van der Waals surface area contributed by atoms with Crippen molar-refractivity contribution in [2.24, 2.45) is 11.8 Å². The summed E-state index contributed by atoms with van der Waals surface area (Å²) in [5.41, 5.74) is 0. The Kier molecular flexibility index (Phi) is 6.75. The summed E-state index contributed by atoms with van der Waals surface area (Å²) in [6.45, 7) is 11.2. The van der Waals surface area contributed by atoms with Crippen molar-refractivity contribution in [1.29, 1.82) is 0 Å². The van der Waals surface area contributed by atoms with Gasteiger partial charge in [-0.2, -0.15) is 0 Å². The first-order valence-corrected chi connectivity index (χ1v) is 7.55. The van der Waals surface area contributed by atoms with E-state index in [9.17, 15) is 0 Å². The molecular weight excluding hydrogens is 228 g/mol. The van der Waals surface area contributed by atoms with E-state index in [0.717, 1.165) is 24.9 Å². The molecule has 0 aliphatic heterocycles. The molecule has 3 heteroatoms. The third kappa shape index (κ3) is 6.18. The van der Waals surface area contributed by atoms with Crippen LogP contribution < -0.4 is 5.32 Å². The van der Waals surface area contributed by atoms with Crippen LogP contribution in [0.15, 0.2) is 6.20 Å². The van der Waals surface area contributed by atoms with E-state index in [4.69, 9.17) is 0 Å². The predicted molar refractivity (Wildman–Crippen MR) is 76.7 cm³/mol. The lowest BCUT2D eigenvalue weighted by Crippen LogP contribution is -2.25. The van der Waals surface area contributed by atoms with Crippen LogP contribution in [0.5, 0.6) is 0 Å². The molecule has 1 aromatic rings. The normalized spacial score (nSPS) is 13.2. The van der Waals surface area contributed by atoms with Crippen molar-refractivity contribution in [1.82, 2.24) is 10.3 Å². The molecule has 0 saturated heterocycles. The van der Waals surface area contributed by atoms with Crippen molar-refractivity contribution >= 4 is 11.3 Å². The monoisotopic (exact) mass is 254 g/mol. The van der Waals surface area contributed by atoms with E-state index in [-0.39, 0.29) is 0 Å². The molecule has 0 aliphatic carbocycles. The quantitative estimate of drug-likeness (QED) is 0.716. The average molecular weight is 254 g/mol. The molecular formula is C14H26N2S. The lowest BCUT2D eigenvalue weighted by atomic mass is 9.93. The van der Waals surface area contributed by atoms with Crippen LogP contribution in [-0.2, 0) is 6.42 Å². The molecule has 17 heavy (non-hydrogen) atoms. The van der Waals surface area contributed by atoms with Crippen molar-refractivity contribution < 1.29 is 0 Å². The van der Waals surface area contributed by atoms with E-state index < -0.39 is 0 Å². The van der Waals surface area contributed by atoms with Gasteiger partial charge in [-0.1, -0.05) is 20.8 Å². The van der Waals surface area contributed by atoms with E-state index in [0.29, 0.717) is 0 Å². The Hall–Kier alpha value is -0.410. The number of nitrogens with zero attached hydrogens (tertiary/aromatic N) is 1. The zero-order valence-corrected chi connectivity index (χ0v) is 12.4. The van der Waals surface area contributed by atoms with Crippen molar-refractivity contribution in [3.8, 4) is 0 Å². The first-order valence-electron chi connectivity index (χ1n) is 6.73. The van der Waals surface area contributed by atoms with Crippen LogP contribution in [0.2, 0.25) is 0 Å². The number of hydrogen-bond donors (Lipinski definition) is 1. The van der Waals surface area contributed by atoms with Crippen LogP contribution in [0.25, 0.3) is 0 Å². The molecule has 0 fully saturated rings. The minimum absolute atomic E-state index is 0.751. The number of hydrogen-bond acceptors (Lipinski definition) is 3. The molecule has 0 saturated carbocycles. The minimum Gasteiger partial charge on any atom is -0.316 e. The van der Waals surface area contributed by atoms with E-state index in [1.54, 1.807) is 0 Å². The molecule has 0 aromatic carbocycles. The molecule has 1 N–H and O–H groups in total. The number of thiazole rings is 1. The number of rotatable bonds is 8. The second-order valence-electron chi connectivity index (χ2n) is 5.25. The fourth-order valence-corrected chi connectivity index (χ4v) is 3.08. The van der Waals surface area contributed by atoms with Gasteiger partial charge in [0.05, 0.1) is 5.01 Å². The van der Waals surface area contributed by atoms with Gasteiger partial charge in [-0.3, -0.25) is 0 Å². The van der Waals surface area contributed by atoms with Gasteiger partial charge in [-0.25, -0.2) is 4.98 Å². The van der Waals surface area contributed by atoms with Crippen molar-refractivity contribution in [3.63, 3.8) is 0 Å². The van der Waals surface area contributed by atoms with Gasteiger partial charge in [0.25, 0.3) is 0 Å². The zero-order valence-electron chi connectivity index (χ0n) is 11.6. The lowest BCUT2D eigenvalue weighted by Gasteiger charge is -2.18. The number of nitrogens with one attached hydrogen (secondary N) is 1. The summed E-state index contributed by atoms with van der Waals surface area (Å²) in [4.78, 5) is 5.78. The third-order valence-electron chi connectivity index (χ3n) is 2.82. The summed E-state index contributed by atoms with van der Waals surface area (Å²) in [6.07, 6.45) is 5.75. The van der Waals surface area contributed by atoms with E-state index in [1.165, 1.54) is 29.1 Å². The Morgan fingerprint density at radius 3 is 2.71 bits per heavy atom. The highest BCUT2D eigenvalue weighted by atomic mass is 32.1. The fourth-order valence-electron chi connectivity index (χ4n) is 2.17. The first-order chi connectivity index (χ1) is 8.11. The molecule has 1 aromatic heterocycles. The number of aromatic nitrogens is 1. The van der Waals surface area contributed by atoms with Crippen LogP contribution >= 0.6 is 11.3 Å². The van der Waals surface area contributed by atoms with Gasteiger partial charge >= 0.3 is 0 Å². The average Bonchev–Trinajstić information content (AvgIpc) is 2.63. The third-order valence-corrected chi connectivity index (χ3v) is 3.76. The summed E-state index contributed by atoms with van der Waals surface area (Å²) in [5.74, 6) is 1.53. The summed E-state index contributed by atoms with van der Waals surface area (Å²) in [6, 6.07) is 0. The van der Waals surface area contributed by atoms with Crippen molar-refractivity contribution in [2.45, 2.75) is 47.0 Å². The molecule has 0 bridgehead atoms. The van der Waals surface area contributed by atoms with Gasteiger partial charge in [0.1, 0.15) is 0 Å². The maximum Gasteiger partial charge on any atom is 0.0896 e. The summed E-state index contributed by atoms with van der Waals surface area (Å²) in [5, 5.41) is 4.74. The molecule has 0 radical (unpaired) electrons. The zero-order chi connectivity index (χ0) is 12.7. The van der Waals surface area contributed by atoms with Gasteiger partial charge in [0.15, 0.2) is 0 Å². The second-order valence-corrected chi connectivity index (χ2v) is 6.57. The van der Waals surface area contributed by atoms with Gasteiger partial charge in [0, 0.05) is 11.1 Å². The fraction of sp³-hybridized carbons (Fsp3) is 0.786. The van der Waals surface area contributed by atoms with Crippen LogP contribution in [0.3, 0.4) is 0 Å². The molecule has 0 aliphatic rings. The Bertz CT molecular complexity index is 307. The van der Waals surface area contributed by atoms with Crippen LogP contribution in [0, 0.1) is 18.8 Å². The highest BCUT2D eigenvalue weighted by Crippen LogP contribution is 2.20. The van der Waals surface area contributed by atoms with Crippen molar-refractivity contribution in [3.05, 3.63) is 16.1 Å². The van der Waals surface area contributed by atoms with Crippen LogP contribution in [0.1, 0.15) is 43.5 Å². The van der Waals surface area contributed by atoms with E-state index in [1.807, 2.05) is 17.5 Å². The maximum atomic E-state index is 4.34. The molecule has 1 heterocycles. The van der Waals surface area contributed by atoms with E-state index >= 15 is 0 Å². The Balaban J connectivity index is 2.44. The number of aryl methyl sites for hydroxylation is 1. The Morgan fingerprint density at radius 1 is 1.41 bits per heavy atom. The van der Waals surface area contributed by atoms with Crippen LogP contribution in [0.4, 0.5) is 0 Å². The summed E-state index contributed by atoms with van der Waals surface area (Å²) in [7, 11) is 0. The SMILES string of the molecule is CCCNCC(Cc1cnc(C)s1)CC(C)C. The predicted octanol–water partition coefficient (Wildman–Crippen LogP) is 3.66. The Labute approximate surface area is 110 Å². The lowest BCUT2D eigenvalue weighted by molar-refractivity contribution is 0.387. The Morgan fingerprint density at radius 2 is 2.18 bits per heavy atom. The standard InChI is InChI=1S/C14H26N2S/c1-5-6-15-9-13(7-11(2)3)8-14-10-16-12(4)17-14/h10-11,13,15H,5-9H2,1-4H3. The van der Waals surface area contributed by atoms with Crippen molar-refractivity contribution in [2.75, 3.05) is 13.1 Å². The molecule has 1 unspecified atom stereocenters. The van der Waals surface area contributed by atoms with Crippen LogP contribution in [-0.4, -0.2) is 18.1 Å². The minimum atomic E-state index is 0.751. The molecule has 2 nitrogen and oxygen atoms in total. The summed E-state index contributed by atoms with van der Waals surface area (Å²) >= 11 is 1.84. The summed E-state index contributed by atoms with van der Waals surface area (Å²) < 4.78 is 0. The molecule has 1 rings (SSSR count). The second kappa shape index (κ2) is 7.83. The smallest absolute Gasteiger partial charge is 0.0896 e. The highest BCUT2D eigenvalue weighted by Gasteiger charge is 2.13. The van der Waals surface area contributed by atoms with Gasteiger partial charge < -0.3 is 5.32 Å². The highest BCUT2D eigenvalue weighted by molar-refractivity contribution is 7.11. The topological polar surface area (TPSA) is 24.9 Å². The molecule has 1 atom stereocenters. The first kappa shape index (κ1) is 14.7. The molecule has 0 spiro atoms. The maximum absolute atomic E-state index is 4.34.